The fourth-order valence-corrected chi connectivity index (χ4v) is 5.06. The highest BCUT2D eigenvalue weighted by Gasteiger charge is 2.42. The Morgan fingerprint density at radius 1 is 1.12 bits per heavy atom. The van der Waals surface area contributed by atoms with Crippen LogP contribution >= 0.6 is 11.6 Å². The van der Waals surface area contributed by atoms with E-state index in [1.54, 1.807) is 37.1 Å². The maximum atomic E-state index is 13.8. The summed E-state index contributed by atoms with van der Waals surface area (Å²) in [4.78, 5) is 50.5. The number of hydrogen-bond acceptors (Lipinski definition) is 8. The highest BCUT2D eigenvalue weighted by molar-refractivity contribution is 6.33. The maximum absolute atomic E-state index is 13.8. The lowest BCUT2D eigenvalue weighted by molar-refractivity contribution is -0.143. The van der Waals surface area contributed by atoms with Crippen LogP contribution < -0.4 is 26.0 Å². The lowest BCUT2D eigenvalue weighted by Crippen LogP contribution is -2.59. The number of carbonyl (C=O) groups excluding carboxylic acids is 3. The number of nitrogens with one attached hydrogen (secondary N) is 4. The van der Waals surface area contributed by atoms with E-state index < -0.39 is 23.5 Å². The Labute approximate surface area is 250 Å². The van der Waals surface area contributed by atoms with Crippen LogP contribution in [0.15, 0.2) is 42.7 Å². The number of para-hydroxylation sites is 1. The molecule has 0 saturated carbocycles. The van der Waals surface area contributed by atoms with Gasteiger partial charge in [-0.3, -0.25) is 14.4 Å². The first-order chi connectivity index (χ1) is 19.9. The van der Waals surface area contributed by atoms with E-state index in [0.29, 0.717) is 58.3 Å². The third kappa shape index (κ3) is 6.74. The van der Waals surface area contributed by atoms with Crippen molar-refractivity contribution in [2.75, 3.05) is 31.3 Å². The van der Waals surface area contributed by atoms with Crippen LogP contribution in [0.25, 0.3) is 10.9 Å². The van der Waals surface area contributed by atoms with Gasteiger partial charge in [-0.15, -0.1) is 0 Å². The van der Waals surface area contributed by atoms with Crippen LogP contribution in [-0.2, 0) is 14.4 Å². The SMILES string of the molecule is CN[C@@H](C)C(=O)N[C@H](C(=O)N1CCCC1C(=O)Nc1cc2c(Nc3ccccc3Cl)ncnc2cc1OC)C(C)(C)C. The molecule has 1 aromatic heterocycles. The Morgan fingerprint density at radius 3 is 2.52 bits per heavy atom. The Hall–Kier alpha value is -3.96. The van der Waals surface area contributed by atoms with Crippen molar-refractivity contribution in [3.63, 3.8) is 0 Å². The van der Waals surface area contributed by atoms with E-state index in [1.165, 1.54) is 13.4 Å². The van der Waals surface area contributed by atoms with Gasteiger partial charge in [-0.2, -0.15) is 0 Å². The number of nitrogens with zero attached hydrogens (tertiary/aromatic N) is 3. The molecule has 11 nitrogen and oxygen atoms in total. The fourth-order valence-electron chi connectivity index (χ4n) is 4.87. The molecule has 2 aromatic carbocycles. The number of rotatable bonds is 9. The predicted octanol–water partition coefficient (Wildman–Crippen LogP) is 4.10. The Bertz CT molecular complexity index is 1480. The number of aromatic nitrogens is 2. The zero-order chi connectivity index (χ0) is 30.6. The second-order valence-corrected chi connectivity index (χ2v) is 11.8. The van der Waals surface area contributed by atoms with Crippen LogP contribution in [0.2, 0.25) is 5.02 Å². The van der Waals surface area contributed by atoms with Gasteiger partial charge < -0.3 is 30.9 Å². The zero-order valence-electron chi connectivity index (χ0n) is 24.7. The fraction of sp³-hybridized carbons (Fsp3) is 0.433. The van der Waals surface area contributed by atoms with E-state index in [1.807, 2.05) is 39.0 Å². The monoisotopic (exact) mass is 595 g/mol. The van der Waals surface area contributed by atoms with Gasteiger partial charge in [0.2, 0.25) is 17.7 Å². The molecule has 3 aromatic rings. The largest absolute Gasteiger partial charge is 0.494 e. The van der Waals surface area contributed by atoms with E-state index in [0.717, 1.165) is 0 Å². The Balaban J connectivity index is 1.60. The average Bonchev–Trinajstić information content (AvgIpc) is 3.46. The predicted molar refractivity (Wildman–Crippen MR) is 164 cm³/mol. The third-order valence-corrected chi connectivity index (χ3v) is 7.74. The van der Waals surface area contributed by atoms with E-state index in [9.17, 15) is 14.4 Å². The van der Waals surface area contributed by atoms with Gasteiger partial charge in [-0.05, 0) is 50.4 Å². The average molecular weight is 596 g/mol. The lowest BCUT2D eigenvalue weighted by Gasteiger charge is -2.36. The van der Waals surface area contributed by atoms with Gasteiger partial charge in [0.05, 0.1) is 35.1 Å². The summed E-state index contributed by atoms with van der Waals surface area (Å²) >= 11 is 6.34. The first-order valence-corrected chi connectivity index (χ1v) is 14.3. The number of ether oxygens (including phenoxy) is 1. The molecule has 3 amide bonds. The van der Waals surface area contributed by atoms with Crippen molar-refractivity contribution >= 4 is 57.4 Å². The molecule has 42 heavy (non-hydrogen) atoms. The number of methoxy groups -OCH3 is 1. The molecular formula is C30H38ClN7O4. The number of carbonyl (C=O) groups is 3. The van der Waals surface area contributed by atoms with Crippen LogP contribution in [0.3, 0.4) is 0 Å². The van der Waals surface area contributed by atoms with E-state index in [-0.39, 0.29) is 17.7 Å². The summed E-state index contributed by atoms with van der Waals surface area (Å²) in [7, 11) is 3.19. The zero-order valence-corrected chi connectivity index (χ0v) is 25.5. The van der Waals surface area contributed by atoms with Crippen molar-refractivity contribution < 1.29 is 19.1 Å². The van der Waals surface area contributed by atoms with Gasteiger partial charge in [-0.25, -0.2) is 9.97 Å². The van der Waals surface area contributed by atoms with Gasteiger partial charge in [0.1, 0.15) is 30.0 Å². The van der Waals surface area contributed by atoms with Crippen molar-refractivity contribution in [3.05, 3.63) is 47.7 Å². The molecule has 0 aliphatic carbocycles. The van der Waals surface area contributed by atoms with Gasteiger partial charge >= 0.3 is 0 Å². The van der Waals surface area contributed by atoms with Crippen molar-refractivity contribution in [1.29, 1.82) is 0 Å². The van der Waals surface area contributed by atoms with Crippen molar-refractivity contribution in [2.24, 2.45) is 5.41 Å². The van der Waals surface area contributed by atoms with Crippen LogP contribution in [0.1, 0.15) is 40.5 Å². The first-order valence-electron chi connectivity index (χ1n) is 13.9. The molecular weight excluding hydrogens is 558 g/mol. The number of likely N-dealkylation sites (N-methyl/N-ethyl adjacent to an activating group) is 1. The summed E-state index contributed by atoms with van der Waals surface area (Å²) in [5, 5.41) is 13.2. The lowest BCUT2D eigenvalue weighted by atomic mass is 9.85. The second-order valence-electron chi connectivity index (χ2n) is 11.4. The third-order valence-electron chi connectivity index (χ3n) is 7.41. The summed E-state index contributed by atoms with van der Waals surface area (Å²) in [6.45, 7) is 7.81. The number of likely N-dealkylation sites (tertiary alicyclic amines) is 1. The molecule has 4 rings (SSSR count). The summed E-state index contributed by atoms with van der Waals surface area (Å²) in [6, 6.07) is 8.77. The quantitative estimate of drug-likeness (QED) is 0.290. The number of benzene rings is 2. The topological polar surface area (TPSA) is 138 Å². The minimum absolute atomic E-state index is 0.282. The van der Waals surface area contributed by atoms with Crippen molar-refractivity contribution in [3.8, 4) is 5.75 Å². The Morgan fingerprint density at radius 2 is 1.86 bits per heavy atom. The van der Waals surface area contributed by atoms with Gasteiger partial charge in [0, 0.05) is 18.0 Å². The molecule has 1 aliphatic rings. The van der Waals surface area contributed by atoms with Gasteiger partial charge in [-0.1, -0.05) is 44.5 Å². The van der Waals surface area contributed by atoms with Gasteiger partial charge in [0.25, 0.3) is 0 Å². The highest BCUT2D eigenvalue weighted by atomic mass is 35.5. The minimum Gasteiger partial charge on any atom is -0.494 e. The Kier molecular flexibility index (Phi) is 9.53. The first kappa shape index (κ1) is 31.0. The standard InChI is InChI=1S/C30H38ClN7O4/c1-17(32-5)27(39)37-25(30(2,3)4)29(41)38-13-9-12-23(38)28(40)36-22-14-18-21(15-24(22)42-6)33-16-34-26(18)35-20-11-8-7-10-19(20)31/h7-8,10-11,14-17,23,25,32H,9,12-13H2,1-6H3,(H,36,40)(H,37,39)(H,33,34,35)/t17-,23?,25+/m0/s1. The minimum atomic E-state index is -0.806. The summed E-state index contributed by atoms with van der Waals surface area (Å²) in [6.07, 6.45) is 2.59. The number of amides is 3. The molecule has 0 radical (unpaired) electrons. The summed E-state index contributed by atoms with van der Waals surface area (Å²) in [5.74, 6) is -0.00535. The molecule has 2 heterocycles. The summed E-state index contributed by atoms with van der Waals surface area (Å²) in [5.41, 5.74) is 1.11. The smallest absolute Gasteiger partial charge is 0.247 e. The van der Waals surface area contributed by atoms with E-state index in [2.05, 4.69) is 31.2 Å². The number of anilines is 3. The highest BCUT2D eigenvalue weighted by Crippen LogP contribution is 2.35. The van der Waals surface area contributed by atoms with Crippen LogP contribution in [0, 0.1) is 5.41 Å². The maximum Gasteiger partial charge on any atom is 0.247 e. The molecule has 0 bridgehead atoms. The van der Waals surface area contributed by atoms with E-state index >= 15 is 0 Å². The molecule has 1 aliphatic heterocycles. The van der Waals surface area contributed by atoms with Crippen LogP contribution in [0.5, 0.6) is 5.75 Å². The normalized spacial score (nSPS) is 16.5. The molecule has 1 saturated heterocycles. The van der Waals surface area contributed by atoms with Crippen molar-refractivity contribution in [2.45, 2.75) is 58.7 Å². The van der Waals surface area contributed by atoms with E-state index in [4.69, 9.17) is 16.3 Å². The van der Waals surface area contributed by atoms with Crippen molar-refractivity contribution in [1.82, 2.24) is 25.5 Å². The summed E-state index contributed by atoms with van der Waals surface area (Å²) < 4.78 is 5.58. The van der Waals surface area contributed by atoms with Crippen LogP contribution in [0.4, 0.5) is 17.2 Å². The number of halogens is 1. The van der Waals surface area contributed by atoms with Crippen LogP contribution in [-0.4, -0.2) is 71.4 Å². The molecule has 3 atom stereocenters. The van der Waals surface area contributed by atoms with Gasteiger partial charge in [0.15, 0.2) is 0 Å². The number of fused-ring (bicyclic) bond motifs is 1. The number of hydrogen-bond donors (Lipinski definition) is 4. The molecule has 12 heteroatoms. The molecule has 224 valence electrons. The molecule has 4 N–H and O–H groups in total. The second kappa shape index (κ2) is 12.9. The molecule has 0 spiro atoms. The molecule has 1 fully saturated rings. The molecule has 1 unspecified atom stereocenters.